The molecule has 22 heavy (non-hydrogen) atoms. The summed E-state index contributed by atoms with van der Waals surface area (Å²) in [6, 6.07) is 5.54. The zero-order valence-corrected chi connectivity index (χ0v) is 13.2. The van der Waals surface area contributed by atoms with E-state index in [0.29, 0.717) is 12.2 Å². The van der Waals surface area contributed by atoms with Crippen molar-refractivity contribution < 1.29 is 9.59 Å². The molecule has 120 valence electrons. The molecule has 0 aliphatic heterocycles. The molecule has 0 spiro atoms. The monoisotopic (exact) mass is 303 g/mol. The van der Waals surface area contributed by atoms with Crippen LogP contribution in [0.3, 0.4) is 0 Å². The van der Waals surface area contributed by atoms with Crippen molar-refractivity contribution in [1.82, 2.24) is 0 Å². The first-order valence-electron chi connectivity index (χ1n) is 8.01. The number of carbonyl (C=O) groups excluding carboxylic acids is 2. The van der Waals surface area contributed by atoms with Crippen LogP contribution in [0.15, 0.2) is 18.2 Å². The summed E-state index contributed by atoms with van der Waals surface area (Å²) in [6.07, 6.45) is 5.72. The second-order valence-corrected chi connectivity index (χ2v) is 5.94. The Morgan fingerprint density at radius 1 is 1.18 bits per heavy atom. The second-order valence-electron chi connectivity index (χ2n) is 5.94. The number of hydrogen-bond acceptors (Lipinski definition) is 3. The van der Waals surface area contributed by atoms with E-state index in [9.17, 15) is 9.59 Å². The highest BCUT2D eigenvalue weighted by atomic mass is 16.2. The van der Waals surface area contributed by atoms with Gasteiger partial charge in [-0.3, -0.25) is 9.59 Å². The first-order valence-corrected chi connectivity index (χ1v) is 8.01. The van der Waals surface area contributed by atoms with E-state index in [1.54, 1.807) is 0 Å². The summed E-state index contributed by atoms with van der Waals surface area (Å²) < 4.78 is 0. The van der Waals surface area contributed by atoms with Crippen LogP contribution in [-0.4, -0.2) is 18.4 Å². The quantitative estimate of drug-likeness (QED) is 0.782. The molecule has 5 heteroatoms. The van der Waals surface area contributed by atoms with E-state index in [2.05, 4.69) is 10.6 Å². The van der Waals surface area contributed by atoms with E-state index in [1.165, 1.54) is 6.42 Å². The van der Waals surface area contributed by atoms with Crippen molar-refractivity contribution in [1.29, 1.82) is 0 Å². The Morgan fingerprint density at radius 3 is 2.59 bits per heavy atom. The molecule has 1 aromatic rings. The lowest BCUT2D eigenvalue weighted by Gasteiger charge is -2.21. The van der Waals surface area contributed by atoms with E-state index in [1.807, 2.05) is 25.1 Å². The molecule has 0 heterocycles. The van der Waals surface area contributed by atoms with Crippen LogP contribution >= 0.6 is 0 Å². The van der Waals surface area contributed by atoms with Crippen molar-refractivity contribution in [3.05, 3.63) is 23.8 Å². The van der Waals surface area contributed by atoms with Gasteiger partial charge in [0.15, 0.2) is 0 Å². The molecule has 1 aliphatic rings. The number of nitrogens with one attached hydrogen (secondary N) is 2. The van der Waals surface area contributed by atoms with Crippen LogP contribution < -0.4 is 16.4 Å². The average molecular weight is 303 g/mol. The number of benzene rings is 1. The lowest BCUT2D eigenvalue weighted by molar-refractivity contribution is -0.120. The third-order valence-corrected chi connectivity index (χ3v) is 4.13. The highest BCUT2D eigenvalue weighted by Gasteiger charge is 2.21. The number of amides is 2. The molecule has 0 aromatic heterocycles. The van der Waals surface area contributed by atoms with Gasteiger partial charge < -0.3 is 16.4 Å². The molecule has 1 aliphatic carbocycles. The third kappa shape index (κ3) is 4.56. The van der Waals surface area contributed by atoms with Gasteiger partial charge in [-0.25, -0.2) is 0 Å². The van der Waals surface area contributed by atoms with Crippen LogP contribution in [0.2, 0.25) is 0 Å². The molecule has 0 saturated heterocycles. The van der Waals surface area contributed by atoms with Gasteiger partial charge in [-0.05, 0) is 37.5 Å². The molecule has 0 bridgehead atoms. The average Bonchev–Trinajstić information content (AvgIpc) is 2.51. The van der Waals surface area contributed by atoms with E-state index in [0.717, 1.165) is 36.9 Å². The molecular weight excluding hydrogens is 278 g/mol. The van der Waals surface area contributed by atoms with Crippen molar-refractivity contribution in [2.75, 3.05) is 17.2 Å². The van der Waals surface area contributed by atoms with E-state index < -0.39 is 0 Å². The summed E-state index contributed by atoms with van der Waals surface area (Å²) in [4.78, 5) is 23.9. The minimum absolute atomic E-state index is 0.0910. The van der Waals surface area contributed by atoms with Gasteiger partial charge in [0.1, 0.15) is 0 Å². The van der Waals surface area contributed by atoms with Crippen molar-refractivity contribution >= 4 is 23.2 Å². The number of nitrogens with two attached hydrogens (primary N) is 1. The lowest BCUT2D eigenvalue weighted by Crippen LogP contribution is -2.25. The van der Waals surface area contributed by atoms with E-state index >= 15 is 0 Å². The molecule has 0 unspecified atom stereocenters. The Bertz CT molecular complexity index is 537. The molecule has 2 amide bonds. The van der Waals surface area contributed by atoms with Gasteiger partial charge >= 0.3 is 0 Å². The maximum Gasteiger partial charge on any atom is 0.227 e. The number of anilines is 2. The minimum Gasteiger partial charge on any atom is -0.330 e. The summed E-state index contributed by atoms with van der Waals surface area (Å²) in [6.45, 7) is 2.27. The maximum absolute atomic E-state index is 12.3. The van der Waals surface area contributed by atoms with Crippen molar-refractivity contribution in [3.63, 3.8) is 0 Å². The predicted molar refractivity (Wildman–Crippen MR) is 88.7 cm³/mol. The Kier molecular flexibility index (Phi) is 5.95. The third-order valence-electron chi connectivity index (χ3n) is 4.13. The van der Waals surface area contributed by atoms with E-state index in [-0.39, 0.29) is 24.2 Å². The van der Waals surface area contributed by atoms with Gasteiger partial charge in [0.2, 0.25) is 11.8 Å². The first kappa shape index (κ1) is 16.5. The van der Waals surface area contributed by atoms with Gasteiger partial charge in [-0.2, -0.15) is 0 Å². The van der Waals surface area contributed by atoms with Crippen LogP contribution in [0.4, 0.5) is 11.4 Å². The first-order chi connectivity index (χ1) is 10.6. The van der Waals surface area contributed by atoms with E-state index in [4.69, 9.17) is 5.73 Å². The molecule has 1 fully saturated rings. The van der Waals surface area contributed by atoms with Crippen LogP contribution in [-0.2, 0) is 9.59 Å². The van der Waals surface area contributed by atoms with Gasteiger partial charge in [0, 0.05) is 30.3 Å². The predicted octanol–water partition coefficient (Wildman–Crippen LogP) is 2.80. The largest absolute Gasteiger partial charge is 0.330 e. The lowest BCUT2D eigenvalue weighted by atomic mass is 9.88. The smallest absolute Gasteiger partial charge is 0.227 e. The normalized spacial score (nSPS) is 15.4. The Labute approximate surface area is 131 Å². The zero-order valence-electron chi connectivity index (χ0n) is 13.2. The Morgan fingerprint density at radius 2 is 1.91 bits per heavy atom. The SMILES string of the molecule is Cc1ccc(NC(=O)CCN)cc1NC(=O)C1CCCCC1. The topological polar surface area (TPSA) is 84.2 Å². The van der Waals surface area contributed by atoms with Crippen LogP contribution in [0, 0.1) is 12.8 Å². The number of rotatable bonds is 5. The molecule has 2 rings (SSSR count). The summed E-state index contributed by atoms with van der Waals surface area (Å²) in [5.74, 6) is 0.0905. The molecule has 1 aromatic carbocycles. The number of carbonyl (C=O) groups is 2. The van der Waals surface area contributed by atoms with Crippen LogP contribution in [0.1, 0.15) is 44.1 Å². The molecular formula is C17H25N3O2. The molecule has 0 radical (unpaired) electrons. The summed E-state index contributed by atoms with van der Waals surface area (Å²) in [5, 5.41) is 5.80. The fraction of sp³-hybridized carbons (Fsp3) is 0.529. The van der Waals surface area contributed by atoms with Crippen molar-refractivity contribution in [2.24, 2.45) is 11.7 Å². The summed E-state index contributed by atoms with van der Waals surface area (Å²) >= 11 is 0. The van der Waals surface area contributed by atoms with Gasteiger partial charge in [0.25, 0.3) is 0 Å². The molecule has 4 N–H and O–H groups in total. The Balaban J connectivity index is 2.02. The number of aryl methyl sites for hydroxylation is 1. The van der Waals surface area contributed by atoms with Crippen molar-refractivity contribution in [2.45, 2.75) is 45.4 Å². The molecule has 1 saturated carbocycles. The standard InChI is InChI=1S/C17H25N3O2/c1-12-7-8-14(19-16(21)9-10-18)11-15(12)20-17(22)13-5-3-2-4-6-13/h7-8,11,13H,2-6,9-10,18H2,1H3,(H,19,21)(H,20,22). The van der Waals surface area contributed by atoms with Gasteiger partial charge in [-0.15, -0.1) is 0 Å². The minimum atomic E-state index is -0.115. The zero-order chi connectivity index (χ0) is 15.9. The number of hydrogen-bond donors (Lipinski definition) is 3. The highest BCUT2D eigenvalue weighted by Crippen LogP contribution is 2.26. The molecule has 5 nitrogen and oxygen atoms in total. The van der Waals surface area contributed by atoms with Crippen LogP contribution in [0.25, 0.3) is 0 Å². The molecule has 0 atom stereocenters. The van der Waals surface area contributed by atoms with Gasteiger partial charge in [-0.1, -0.05) is 25.3 Å². The van der Waals surface area contributed by atoms with Crippen LogP contribution in [0.5, 0.6) is 0 Å². The fourth-order valence-electron chi connectivity index (χ4n) is 2.79. The maximum atomic E-state index is 12.3. The second kappa shape index (κ2) is 7.94. The summed E-state index contributed by atoms with van der Waals surface area (Å²) in [7, 11) is 0. The van der Waals surface area contributed by atoms with Crippen molar-refractivity contribution in [3.8, 4) is 0 Å². The summed E-state index contributed by atoms with van der Waals surface area (Å²) in [5.41, 5.74) is 7.80. The highest BCUT2D eigenvalue weighted by molar-refractivity contribution is 5.95. The Hall–Kier alpha value is -1.88. The fourth-order valence-corrected chi connectivity index (χ4v) is 2.79. The van der Waals surface area contributed by atoms with Gasteiger partial charge in [0.05, 0.1) is 0 Å².